The third-order valence-electron chi connectivity index (χ3n) is 2.84. The van der Waals surface area contributed by atoms with E-state index in [0.29, 0.717) is 10.3 Å². The zero-order chi connectivity index (χ0) is 15.5. The molecule has 0 aliphatic heterocycles. The molecular formula is C13H26N2O3S2. The second kappa shape index (κ2) is 11.0. The molecule has 0 fully saturated rings. The van der Waals surface area contributed by atoms with E-state index in [1.807, 2.05) is 37.5 Å². The predicted octanol–water partition coefficient (Wildman–Crippen LogP) is 1.63. The summed E-state index contributed by atoms with van der Waals surface area (Å²) in [5.74, 6) is 0. The van der Waals surface area contributed by atoms with Crippen LogP contribution in [0.15, 0.2) is 0 Å². The van der Waals surface area contributed by atoms with Crippen molar-refractivity contribution in [1.29, 1.82) is 0 Å². The SMILES string of the molecule is CCN(CC)C(=S)OCC(O)COC(=S)N(CC)CC. The number of nitrogens with zero attached hydrogens (tertiary/aromatic N) is 2. The van der Waals surface area contributed by atoms with Gasteiger partial charge in [0.1, 0.15) is 19.3 Å². The van der Waals surface area contributed by atoms with Crippen LogP contribution in [0.2, 0.25) is 0 Å². The molecule has 0 aromatic rings. The van der Waals surface area contributed by atoms with Crippen molar-refractivity contribution < 1.29 is 14.6 Å². The molecule has 0 aliphatic carbocycles. The molecule has 0 saturated heterocycles. The number of hydrogen-bond donors (Lipinski definition) is 1. The smallest absolute Gasteiger partial charge is 0.259 e. The Morgan fingerprint density at radius 2 is 1.15 bits per heavy atom. The molecule has 0 heterocycles. The van der Waals surface area contributed by atoms with Crippen molar-refractivity contribution in [2.24, 2.45) is 0 Å². The quantitative estimate of drug-likeness (QED) is 0.682. The Balaban J connectivity index is 3.97. The minimum atomic E-state index is -0.753. The molecule has 0 amide bonds. The fourth-order valence-electron chi connectivity index (χ4n) is 1.53. The third kappa shape index (κ3) is 7.21. The van der Waals surface area contributed by atoms with Gasteiger partial charge in [0.15, 0.2) is 0 Å². The van der Waals surface area contributed by atoms with E-state index in [0.717, 1.165) is 26.2 Å². The van der Waals surface area contributed by atoms with Crippen molar-refractivity contribution in [3.63, 3.8) is 0 Å². The Morgan fingerprint density at radius 1 is 0.850 bits per heavy atom. The fourth-order valence-corrected chi connectivity index (χ4v) is 2.18. The second-order valence-corrected chi connectivity index (χ2v) is 4.85. The van der Waals surface area contributed by atoms with Gasteiger partial charge in [-0.3, -0.25) is 0 Å². The fraction of sp³-hybridized carbons (Fsp3) is 0.846. The van der Waals surface area contributed by atoms with Gasteiger partial charge in [-0.15, -0.1) is 0 Å². The molecule has 1 N–H and O–H groups in total. The first-order valence-corrected chi connectivity index (χ1v) is 7.83. The number of aliphatic hydroxyl groups is 1. The van der Waals surface area contributed by atoms with E-state index in [-0.39, 0.29) is 13.2 Å². The molecule has 20 heavy (non-hydrogen) atoms. The molecule has 0 bridgehead atoms. The summed E-state index contributed by atoms with van der Waals surface area (Å²) >= 11 is 10.2. The third-order valence-corrected chi connectivity index (χ3v) is 3.59. The molecule has 118 valence electrons. The largest absolute Gasteiger partial charge is 0.468 e. The van der Waals surface area contributed by atoms with E-state index in [2.05, 4.69) is 0 Å². The van der Waals surface area contributed by atoms with Crippen LogP contribution in [-0.4, -0.2) is 70.8 Å². The average molecular weight is 322 g/mol. The van der Waals surface area contributed by atoms with Gasteiger partial charge in [-0.2, -0.15) is 0 Å². The summed E-state index contributed by atoms with van der Waals surface area (Å²) in [5, 5.41) is 10.6. The second-order valence-electron chi connectivity index (χ2n) is 4.15. The Morgan fingerprint density at radius 3 is 1.40 bits per heavy atom. The van der Waals surface area contributed by atoms with Gasteiger partial charge in [0.25, 0.3) is 10.3 Å². The summed E-state index contributed by atoms with van der Waals surface area (Å²) in [7, 11) is 0. The molecule has 0 aromatic heterocycles. The summed E-state index contributed by atoms with van der Waals surface area (Å²) in [6.45, 7) is 11.4. The number of thiocarbonyl (C=S) groups is 2. The van der Waals surface area contributed by atoms with Crippen LogP contribution >= 0.6 is 24.4 Å². The predicted molar refractivity (Wildman–Crippen MR) is 88.9 cm³/mol. The van der Waals surface area contributed by atoms with Gasteiger partial charge in [-0.05, 0) is 52.1 Å². The normalized spacial score (nSPS) is 10.3. The first-order chi connectivity index (χ1) is 9.49. The Hall–Kier alpha value is -0.660. The van der Waals surface area contributed by atoms with Crippen LogP contribution < -0.4 is 0 Å². The highest BCUT2D eigenvalue weighted by molar-refractivity contribution is 7.80. The van der Waals surface area contributed by atoms with Crippen molar-refractivity contribution in [1.82, 2.24) is 9.80 Å². The Labute approximate surface area is 132 Å². The highest BCUT2D eigenvalue weighted by Crippen LogP contribution is 1.99. The van der Waals surface area contributed by atoms with Gasteiger partial charge in [0.2, 0.25) is 0 Å². The Kier molecular flexibility index (Phi) is 10.7. The van der Waals surface area contributed by atoms with Crippen molar-refractivity contribution in [3.05, 3.63) is 0 Å². The molecule has 5 nitrogen and oxygen atoms in total. The van der Waals surface area contributed by atoms with Gasteiger partial charge < -0.3 is 24.4 Å². The van der Waals surface area contributed by atoms with Crippen LogP contribution in [0.25, 0.3) is 0 Å². The number of ether oxygens (including phenoxy) is 2. The Bertz CT molecular complexity index is 267. The van der Waals surface area contributed by atoms with Gasteiger partial charge in [0.05, 0.1) is 0 Å². The molecule has 0 aliphatic rings. The zero-order valence-electron chi connectivity index (χ0n) is 12.8. The first-order valence-electron chi connectivity index (χ1n) is 7.01. The molecule has 0 unspecified atom stereocenters. The average Bonchev–Trinajstić information content (AvgIpc) is 2.45. The van der Waals surface area contributed by atoms with E-state index in [1.165, 1.54) is 0 Å². The number of hydrogen-bond acceptors (Lipinski definition) is 5. The van der Waals surface area contributed by atoms with E-state index < -0.39 is 6.10 Å². The number of aliphatic hydroxyl groups excluding tert-OH is 1. The molecule has 7 heteroatoms. The van der Waals surface area contributed by atoms with Crippen LogP contribution in [-0.2, 0) is 9.47 Å². The minimum absolute atomic E-state index is 0.107. The molecule has 0 saturated carbocycles. The van der Waals surface area contributed by atoms with Crippen molar-refractivity contribution >= 4 is 34.8 Å². The maximum absolute atomic E-state index is 9.80. The minimum Gasteiger partial charge on any atom is -0.468 e. The highest BCUT2D eigenvalue weighted by Gasteiger charge is 2.13. The van der Waals surface area contributed by atoms with E-state index in [1.54, 1.807) is 0 Å². The zero-order valence-corrected chi connectivity index (χ0v) is 14.4. The van der Waals surface area contributed by atoms with Gasteiger partial charge in [0, 0.05) is 26.2 Å². The van der Waals surface area contributed by atoms with E-state index in [4.69, 9.17) is 33.9 Å². The monoisotopic (exact) mass is 322 g/mol. The lowest BCUT2D eigenvalue weighted by molar-refractivity contribution is 0.0449. The van der Waals surface area contributed by atoms with Gasteiger partial charge >= 0.3 is 0 Å². The molecule has 0 aromatic carbocycles. The molecular weight excluding hydrogens is 296 g/mol. The topological polar surface area (TPSA) is 45.2 Å². The van der Waals surface area contributed by atoms with E-state index in [9.17, 15) is 5.11 Å². The summed E-state index contributed by atoms with van der Waals surface area (Å²) < 4.78 is 10.7. The van der Waals surface area contributed by atoms with Crippen LogP contribution in [0.3, 0.4) is 0 Å². The summed E-state index contributed by atoms with van der Waals surface area (Å²) in [6.07, 6.45) is -0.753. The van der Waals surface area contributed by atoms with Crippen molar-refractivity contribution in [2.45, 2.75) is 33.8 Å². The van der Waals surface area contributed by atoms with E-state index >= 15 is 0 Å². The molecule has 0 rings (SSSR count). The van der Waals surface area contributed by atoms with Crippen LogP contribution in [0, 0.1) is 0 Å². The molecule has 0 spiro atoms. The highest BCUT2D eigenvalue weighted by atomic mass is 32.1. The lowest BCUT2D eigenvalue weighted by Gasteiger charge is -2.24. The lowest BCUT2D eigenvalue weighted by Crippen LogP contribution is -2.36. The maximum atomic E-state index is 9.80. The maximum Gasteiger partial charge on any atom is 0.259 e. The molecule has 0 radical (unpaired) electrons. The summed E-state index contributed by atoms with van der Waals surface area (Å²) in [5.41, 5.74) is 0. The van der Waals surface area contributed by atoms with Crippen LogP contribution in [0.5, 0.6) is 0 Å². The standard InChI is InChI=1S/C13H26N2O3S2/c1-5-14(6-2)12(19)17-9-11(16)10-18-13(20)15(7-3)8-4/h11,16H,5-10H2,1-4H3. The van der Waals surface area contributed by atoms with Gasteiger partial charge in [-0.1, -0.05) is 0 Å². The van der Waals surface area contributed by atoms with Crippen LogP contribution in [0.1, 0.15) is 27.7 Å². The number of rotatable bonds is 8. The van der Waals surface area contributed by atoms with Crippen molar-refractivity contribution in [3.8, 4) is 0 Å². The van der Waals surface area contributed by atoms with Crippen LogP contribution in [0.4, 0.5) is 0 Å². The molecule has 0 atom stereocenters. The van der Waals surface area contributed by atoms with Gasteiger partial charge in [-0.25, -0.2) is 0 Å². The van der Waals surface area contributed by atoms with Crippen molar-refractivity contribution in [2.75, 3.05) is 39.4 Å². The summed E-state index contributed by atoms with van der Waals surface area (Å²) in [6, 6.07) is 0. The summed E-state index contributed by atoms with van der Waals surface area (Å²) in [4.78, 5) is 3.81. The lowest BCUT2D eigenvalue weighted by atomic mass is 10.4. The first kappa shape index (κ1) is 19.3.